The number of hydrogen-bond donors (Lipinski definition) is 2. The Balaban J connectivity index is 2.00. The van der Waals surface area contributed by atoms with E-state index < -0.39 is 17.8 Å². The number of nitrogens with one attached hydrogen (secondary N) is 1. The van der Waals surface area contributed by atoms with E-state index in [4.69, 9.17) is 5.11 Å². The second kappa shape index (κ2) is 7.40. The summed E-state index contributed by atoms with van der Waals surface area (Å²) >= 11 is 0. The fourth-order valence-electron chi connectivity index (χ4n) is 2.40. The van der Waals surface area contributed by atoms with E-state index in [0.717, 1.165) is 5.56 Å². The van der Waals surface area contributed by atoms with Gasteiger partial charge in [0, 0.05) is 25.5 Å². The maximum absolute atomic E-state index is 12.3. The maximum atomic E-state index is 12.3. The first kappa shape index (κ1) is 16.5. The zero-order valence-electron chi connectivity index (χ0n) is 12.8. The maximum Gasteiger partial charge on any atom is 0.306 e. The molecule has 7 heteroatoms. The number of rotatable bonds is 4. The number of pyridine rings is 1. The topological polar surface area (TPSA) is 106 Å². The van der Waals surface area contributed by atoms with Crippen LogP contribution in [-0.4, -0.2) is 40.0 Å². The summed E-state index contributed by atoms with van der Waals surface area (Å²) in [4.78, 5) is 28.9. The van der Waals surface area contributed by atoms with Crippen molar-refractivity contribution in [3.05, 3.63) is 35.7 Å². The second-order valence-corrected chi connectivity index (χ2v) is 5.44. The molecule has 0 aliphatic carbocycles. The van der Waals surface area contributed by atoms with Gasteiger partial charge < -0.3 is 15.3 Å². The predicted molar refractivity (Wildman–Crippen MR) is 83.2 cm³/mol. The lowest BCUT2D eigenvalue weighted by Crippen LogP contribution is -2.40. The van der Waals surface area contributed by atoms with Gasteiger partial charge in [0.05, 0.1) is 5.92 Å². The first-order valence-corrected chi connectivity index (χ1v) is 7.33. The van der Waals surface area contributed by atoms with Crippen molar-refractivity contribution < 1.29 is 14.7 Å². The fourth-order valence-corrected chi connectivity index (χ4v) is 2.40. The van der Waals surface area contributed by atoms with Gasteiger partial charge in [-0.05, 0) is 37.5 Å². The van der Waals surface area contributed by atoms with Gasteiger partial charge in [-0.2, -0.15) is 5.26 Å². The van der Waals surface area contributed by atoms with Crippen LogP contribution in [0.5, 0.6) is 0 Å². The average Bonchev–Trinajstić information content (AvgIpc) is 2.55. The molecule has 1 aliphatic heterocycles. The van der Waals surface area contributed by atoms with Crippen LogP contribution in [0.3, 0.4) is 0 Å². The highest BCUT2D eigenvalue weighted by molar-refractivity contribution is 5.97. The summed E-state index contributed by atoms with van der Waals surface area (Å²) in [5.74, 6) is -1.09. The van der Waals surface area contributed by atoms with E-state index in [1.165, 1.54) is 11.1 Å². The monoisotopic (exact) mass is 314 g/mol. The van der Waals surface area contributed by atoms with Gasteiger partial charge in [-0.25, -0.2) is 4.98 Å². The molecule has 0 bridgehead atoms. The van der Waals surface area contributed by atoms with Crippen LogP contribution in [0.4, 0.5) is 5.82 Å². The van der Waals surface area contributed by atoms with E-state index in [1.54, 1.807) is 12.3 Å². The van der Waals surface area contributed by atoms with Gasteiger partial charge in [-0.1, -0.05) is 0 Å². The molecule has 1 saturated heterocycles. The van der Waals surface area contributed by atoms with Gasteiger partial charge in [0.25, 0.3) is 5.91 Å². The fraction of sp³-hybridized carbons (Fsp3) is 0.375. The van der Waals surface area contributed by atoms with E-state index >= 15 is 0 Å². The van der Waals surface area contributed by atoms with Crippen LogP contribution in [0.1, 0.15) is 18.4 Å². The molecule has 2 rings (SSSR count). The van der Waals surface area contributed by atoms with Gasteiger partial charge in [0.15, 0.2) is 0 Å². The van der Waals surface area contributed by atoms with Crippen LogP contribution in [0.25, 0.3) is 0 Å². The van der Waals surface area contributed by atoms with Crippen LogP contribution >= 0.6 is 0 Å². The molecular weight excluding hydrogens is 296 g/mol. The largest absolute Gasteiger partial charge is 0.481 e. The number of aromatic nitrogens is 1. The van der Waals surface area contributed by atoms with Crippen LogP contribution in [-0.2, 0) is 9.59 Å². The number of carbonyl (C=O) groups excluding carboxylic acids is 1. The predicted octanol–water partition coefficient (Wildman–Crippen LogP) is 1.53. The number of aliphatic carboxylic acids is 1. The van der Waals surface area contributed by atoms with Crippen LogP contribution in [0, 0.1) is 24.2 Å². The Morgan fingerprint density at radius 1 is 1.48 bits per heavy atom. The highest BCUT2D eigenvalue weighted by Crippen LogP contribution is 2.19. The van der Waals surface area contributed by atoms with Gasteiger partial charge in [0.1, 0.15) is 17.5 Å². The van der Waals surface area contributed by atoms with Crippen molar-refractivity contribution >= 4 is 17.7 Å². The number of aryl methyl sites for hydroxylation is 1. The third-order valence-electron chi connectivity index (χ3n) is 3.76. The summed E-state index contributed by atoms with van der Waals surface area (Å²) in [5, 5.41) is 21.0. The normalized spacial score (nSPS) is 15.8. The Bertz CT molecular complexity index is 670. The van der Waals surface area contributed by atoms with Crippen LogP contribution < -0.4 is 5.32 Å². The minimum Gasteiger partial charge on any atom is -0.481 e. The van der Waals surface area contributed by atoms with Crippen molar-refractivity contribution in [3.8, 4) is 6.07 Å². The summed E-state index contributed by atoms with van der Waals surface area (Å²) in [6.07, 6.45) is 3.79. The molecule has 1 aromatic rings. The van der Waals surface area contributed by atoms with Gasteiger partial charge in [-0.15, -0.1) is 0 Å². The zero-order valence-corrected chi connectivity index (χ0v) is 12.8. The lowest BCUT2D eigenvalue weighted by molar-refractivity contribution is -0.145. The zero-order chi connectivity index (χ0) is 16.8. The Morgan fingerprint density at radius 2 is 2.17 bits per heavy atom. The minimum absolute atomic E-state index is 0.0259. The summed E-state index contributed by atoms with van der Waals surface area (Å²) in [5.41, 5.74) is 0.985. The number of piperidine rings is 1. The van der Waals surface area contributed by atoms with Crippen molar-refractivity contribution in [2.75, 3.05) is 18.4 Å². The molecule has 2 N–H and O–H groups in total. The molecule has 0 aromatic carbocycles. The van der Waals surface area contributed by atoms with E-state index in [0.29, 0.717) is 31.7 Å². The number of carboxylic acid groups (broad SMARTS) is 1. The highest BCUT2D eigenvalue weighted by Gasteiger charge is 2.28. The Labute approximate surface area is 134 Å². The molecule has 0 saturated carbocycles. The van der Waals surface area contributed by atoms with Crippen LogP contribution in [0.2, 0.25) is 0 Å². The van der Waals surface area contributed by atoms with Crippen molar-refractivity contribution in [1.29, 1.82) is 5.26 Å². The molecule has 7 nitrogen and oxygen atoms in total. The Kier molecular flexibility index (Phi) is 5.31. The first-order chi connectivity index (χ1) is 11.0. The standard InChI is InChI=1S/C16H18N4O3/c1-11-2-5-18-14(8-11)19-10-13(9-17)15(21)20-6-3-12(4-7-20)16(22)23/h2,5,8,10,12H,3-4,6-7H2,1H3,(H,18,19)(H,22,23)/b13-10-. The molecule has 2 heterocycles. The lowest BCUT2D eigenvalue weighted by Gasteiger charge is -2.29. The number of amides is 1. The van der Waals surface area contributed by atoms with E-state index in [-0.39, 0.29) is 5.57 Å². The molecule has 0 radical (unpaired) electrons. The number of carboxylic acids is 1. The third-order valence-corrected chi connectivity index (χ3v) is 3.76. The SMILES string of the molecule is Cc1ccnc(N/C=C(/C#N)C(=O)N2CCC(C(=O)O)CC2)c1. The molecule has 0 atom stereocenters. The van der Waals surface area contributed by atoms with Gasteiger partial charge in [-0.3, -0.25) is 9.59 Å². The highest BCUT2D eigenvalue weighted by atomic mass is 16.4. The number of anilines is 1. The van der Waals surface area contributed by atoms with Crippen molar-refractivity contribution in [3.63, 3.8) is 0 Å². The Morgan fingerprint density at radius 3 is 2.74 bits per heavy atom. The first-order valence-electron chi connectivity index (χ1n) is 7.33. The molecule has 120 valence electrons. The second-order valence-electron chi connectivity index (χ2n) is 5.44. The molecule has 23 heavy (non-hydrogen) atoms. The molecule has 0 unspecified atom stereocenters. The smallest absolute Gasteiger partial charge is 0.306 e. The van der Waals surface area contributed by atoms with Crippen LogP contribution in [0.15, 0.2) is 30.1 Å². The van der Waals surface area contributed by atoms with Crippen molar-refractivity contribution in [2.45, 2.75) is 19.8 Å². The van der Waals surface area contributed by atoms with Crippen molar-refractivity contribution in [1.82, 2.24) is 9.88 Å². The molecule has 1 aliphatic rings. The number of nitrogens with zero attached hydrogens (tertiary/aromatic N) is 3. The molecule has 1 fully saturated rings. The van der Waals surface area contributed by atoms with E-state index in [1.807, 2.05) is 19.1 Å². The summed E-state index contributed by atoms with van der Waals surface area (Å²) in [7, 11) is 0. The lowest BCUT2D eigenvalue weighted by atomic mass is 9.97. The molecular formula is C16H18N4O3. The summed E-state index contributed by atoms with van der Waals surface area (Å²) in [6, 6.07) is 5.53. The minimum atomic E-state index is -0.833. The van der Waals surface area contributed by atoms with Gasteiger partial charge in [0.2, 0.25) is 0 Å². The average molecular weight is 314 g/mol. The Hall–Kier alpha value is -2.88. The number of carbonyl (C=O) groups is 2. The van der Waals surface area contributed by atoms with Gasteiger partial charge >= 0.3 is 5.97 Å². The summed E-state index contributed by atoms with van der Waals surface area (Å²) in [6.45, 7) is 2.61. The molecule has 1 aromatic heterocycles. The number of nitriles is 1. The molecule has 0 spiro atoms. The number of hydrogen-bond acceptors (Lipinski definition) is 5. The van der Waals surface area contributed by atoms with Crippen molar-refractivity contribution in [2.24, 2.45) is 5.92 Å². The van der Waals surface area contributed by atoms with E-state index in [9.17, 15) is 14.9 Å². The number of likely N-dealkylation sites (tertiary alicyclic amines) is 1. The third kappa shape index (κ3) is 4.30. The summed E-state index contributed by atoms with van der Waals surface area (Å²) < 4.78 is 0. The van der Waals surface area contributed by atoms with E-state index in [2.05, 4.69) is 10.3 Å². The molecule has 1 amide bonds. The quantitative estimate of drug-likeness (QED) is 0.645.